The predicted octanol–water partition coefficient (Wildman–Crippen LogP) is 3.70. The van der Waals surface area contributed by atoms with Gasteiger partial charge in [0, 0.05) is 5.92 Å². The minimum absolute atomic E-state index is 0.00425. The number of benzene rings is 1. The van der Waals surface area contributed by atoms with Crippen LogP contribution in [0.2, 0.25) is 0 Å². The monoisotopic (exact) mass is 328 g/mol. The van der Waals surface area contributed by atoms with E-state index in [1.54, 1.807) is 14.0 Å². The maximum Gasteiger partial charge on any atom is 0.347 e. The van der Waals surface area contributed by atoms with Gasteiger partial charge in [-0.15, -0.1) is 6.58 Å². The molecule has 4 heteroatoms. The Labute approximate surface area is 143 Å². The Morgan fingerprint density at radius 1 is 1.33 bits per heavy atom. The summed E-state index contributed by atoms with van der Waals surface area (Å²) in [5.74, 6) is 1.78. The summed E-state index contributed by atoms with van der Waals surface area (Å²) in [7, 11) is 1.59. The average molecular weight is 328 g/mol. The number of carbonyl (C=O) groups excluding carboxylic acids is 1. The number of fused-ring (bicyclic) bond motifs is 2. The second kappa shape index (κ2) is 7.12. The number of hydrogen-bond donors (Lipinski definition) is 0. The van der Waals surface area contributed by atoms with Crippen LogP contribution in [0.15, 0.2) is 43.0 Å². The molecule has 1 aromatic rings. The average Bonchev–Trinajstić information content (AvgIpc) is 3.19. The Morgan fingerprint density at radius 3 is 2.79 bits per heavy atom. The molecule has 0 radical (unpaired) electrons. The zero-order valence-electron chi connectivity index (χ0n) is 14.2. The number of ether oxygens (including phenoxy) is 3. The molecule has 2 bridgehead atoms. The van der Waals surface area contributed by atoms with E-state index in [0.29, 0.717) is 23.3 Å². The first-order valence-corrected chi connectivity index (χ1v) is 8.44. The number of rotatable bonds is 7. The molecule has 4 nitrogen and oxygen atoms in total. The van der Waals surface area contributed by atoms with Crippen molar-refractivity contribution in [3.05, 3.63) is 48.6 Å². The molecular formula is C20H24O4. The van der Waals surface area contributed by atoms with Gasteiger partial charge in [-0.2, -0.15) is 0 Å². The van der Waals surface area contributed by atoms with E-state index in [9.17, 15) is 4.79 Å². The molecule has 0 N–H and O–H groups in total. The third-order valence-corrected chi connectivity index (χ3v) is 4.73. The number of esters is 1. The smallest absolute Gasteiger partial charge is 0.347 e. The highest BCUT2D eigenvalue weighted by atomic mass is 16.6. The molecule has 1 saturated carbocycles. The largest absolute Gasteiger partial charge is 0.493 e. The van der Waals surface area contributed by atoms with Crippen molar-refractivity contribution in [3.8, 4) is 11.5 Å². The molecule has 0 aromatic heterocycles. The van der Waals surface area contributed by atoms with Crippen LogP contribution in [0.25, 0.3) is 0 Å². The fourth-order valence-electron chi connectivity index (χ4n) is 3.45. The first-order valence-electron chi connectivity index (χ1n) is 8.44. The molecule has 0 spiro atoms. The molecule has 2 aliphatic rings. The van der Waals surface area contributed by atoms with Crippen LogP contribution < -0.4 is 9.47 Å². The van der Waals surface area contributed by atoms with E-state index in [1.807, 2.05) is 24.3 Å². The minimum atomic E-state index is -0.674. The lowest BCUT2D eigenvalue weighted by Crippen LogP contribution is -2.32. The van der Waals surface area contributed by atoms with Gasteiger partial charge in [-0.05, 0) is 49.8 Å². The highest BCUT2D eigenvalue weighted by Gasteiger charge is 2.38. The quantitative estimate of drug-likeness (QED) is 0.565. The first-order chi connectivity index (χ1) is 11.6. The summed E-state index contributed by atoms with van der Waals surface area (Å²) in [6.07, 6.45) is 8.34. The van der Waals surface area contributed by atoms with Crippen LogP contribution >= 0.6 is 0 Å². The maximum atomic E-state index is 12.3. The molecule has 1 aromatic carbocycles. The van der Waals surface area contributed by atoms with E-state index >= 15 is 0 Å². The lowest BCUT2D eigenvalue weighted by Gasteiger charge is -2.22. The Hall–Kier alpha value is -2.23. The maximum absolute atomic E-state index is 12.3. The van der Waals surface area contributed by atoms with Crippen LogP contribution in [-0.4, -0.2) is 25.3 Å². The molecule has 4 unspecified atom stereocenters. The minimum Gasteiger partial charge on any atom is -0.493 e. The first kappa shape index (κ1) is 16.6. The summed E-state index contributed by atoms with van der Waals surface area (Å²) in [6.45, 7) is 5.44. The topological polar surface area (TPSA) is 44.8 Å². The molecule has 3 rings (SSSR count). The molecule has 0 aliphatic heterocycles. The second-order valence-corrected chi connectivity index (χ2v) is 6.49. The molecule has 0 heterocycles. The fraction of sp³-hybridized carbons (Fsp3) is 0.450. The van der Waals surface area contributed by atoms with Crippen LogP contribution in [-0.2, 0) is 16.0 Å². The normalized spacial score (nSPS) is 25.3. The van der Waals surface area contributed by atoms with Crippen molar-refractivity contribution in [2.45, 2.75) is 38.4 Å². The summed E-state index contributed by atoms with van der Waals surface area (Å²) < 4.78 is 16.8. The van der Waals surface area contributed by atoms with Crippen molar-refractivity contribution in [3.63, 3.8) is 0 Å². The van der Waals surface area contributed by atoms with Gasteiger partial charge < -0.3 is 14.2 Å². The van der Waals surface area contributed by atoms with Gasteiger partial charge >= 0.3 is 5.97 Å². The summed E-state index contributed by atoms with van der Waals surface area (Å²) in [5, 5.41) is 0. The lowest BCUT2D eigenvalue weighted by atomic mass is 10.0. The summed E-state index contributed by atoms with van der Waals surface area (Å²) >= 11 is 0. The van der Waals surface area contributed by atoms with E-state index in [1.165, 1.54) is 0 Å². The Morgan fingerprint density at radius 2 is 2.17 bits per heavy atom. The molecule has 4 atom stereocenters. The Bertz CT molecular complexity index is 649. The summed E-state index contributed by atoms with van der Waals surface area (Å²) in [5.41, 5.74) is 1.08. The van der Waals surface area contributed by atoms with Crippen molar-refractivity contribution < 1.29 is 19.0 Å². The van der Waals surface area contributed by atoms with Crippen molar-refractivity contribution in [1.29, 1.82) is 0 Å². The third-order valence-electron chi connectivity index (χ3n) is 4.73. The molecule has 0 amide bonds. The highest BCUT2D eigenvalue weighted by molar-refractivity contribution is 5.75. The lowest BCUT2D eigenvalue weighted by molar-refractivity contribution is -0.157. The van der Waals surface area contributed by atoms with E-state index < -0.39 is 6.10 Å². The summed E-state index contributed by atoms with van der Waals surface area (Å²) in [4.78, 5) is 12.3. The van der Waals surface area contributed by atoms with E-state index in [2.05, 4.69) is 18.7 Å². The zero-order valence-corrected chi connectivity index (χ0v) is 14.2. The molecule has 128 valence electrons. The third kappa shape index (κ3) is 3.48. The van der Waals surface area contributed by atoms with Gasteiger partial charge in [-0.3, -0.25) is 0 Å². The Balaban J connectivity index is 1.61. The summed E-state index contributed by atoms with van der Waals surface area (Å²) in [6, 6.07) is 5.66. The predicted molar refractivity (Wildman–Crippen MR) is 92.2 cm³/mol. The molecular weight excluding hydrogens is 304 g/mol. The van der Waals surface area contributed by atoms with Crippen LogP contribution in [0.1, 0.15) is 25.3 Å². The van der Waals surface area contributed by atoms with Crippen LogP contribution in [0.5, 0.6) is 11.5 Å². The van der Waals surface area contributed by atoms with E-state index in [-0.39, 0.29) is 12.1 Å². The van der Waals surface area contributed by atoms with Gasteiger partial charge in [0.25, 0.3) is 0 Å². The van der Waals surface area contributed by atoms with Crippen molar-refractivity contribution >= 4 is 5.97 Å². The van der Waals surface area contributed by atoms with Gasteiger partial charge in [-0.1, -0.05) is 24.3 Å². The van der Waals surface area contributed by atoms with Crippen LogP contribution in [0, 0.1) is 11.8 Å². The Kier molecular flexibility index (Phi) is 4.93. The number of methoxy groups -OCH3 is 1. The van der Waals surface area contributed by atoms with Gasteiger partial charge in [0.05, 0.1) is 7.11 Å². The van der Waals surface area contributed by atoms with Gasteiger partial charge in [0.15, 0.2) is 17.6 Å². The van der Waals surface area contributed by atoms with E-state index in [0.717, 1.165) is 24.8 Å². The number of allylic oxidation sites excluding steroid dienone is 2. The van der Waals surface area contributed by atoms with Crippen molar-refractivity contribution in [2.24, 2.45) is 11.8 Å². The molecule has 24 heavy (non-hydrogen) atoms. The molecule has 2 aliphatic carbocycles. The van der Waals surface area contributed by atoms with Crippen LogP contribution in [0.4, 0.5) is 0 Å². The highest BCUT2D eigenvalue weighted by Crippen LogP contribution is 2.41. The van der Waals surface area contributed by atoms with Gasteiger partial charge in [0.1, 0.15) is 6.10 Å². The molecule has 1 fully saturated rings. The second-order valence-electron chi connectivity index (χ2n) is 6.49. The van der Waals surface area contributed by atoms with Gasteiger partial charge in [0.2, 0.25) is 0 Å². The van der Waals surface area contributed by atoms with Crippen molar-refractivity contribution in [2.75, 3.05) is 7.11 Å². The zero-order chi connectivity index (χ0) is 17.1. The fourth-order valence-corrected chi connectivity index (χ4v) is 3.45. The molecule has 0 saturated heterocycles. The van der Waals surface area contributed by atoms with Crippen molar-refractivity contribution in [1.82, 2.24) is 0 Å². The number of carbonyl (C=O) groups is 1. The van der Waals surface area contributed by atoms with Crippen LogP contribution in [0.3, 0.4) is 0 Å². The number of hydrogen-bond acceptors (Lipinski definition) is 4. The van der Waals surface area contributed by atoms with Gasteiger partial charge in [-0.25, -0.2) is 4.79 Å². The van der Waals surface area contributed by atoms with E-state index in [4.69, 9.17) is 14.2 Å². The SMILES string of the molecule is C=CCc1ccc(OC(C)C(=O)OC2CC3C=CC2C3)c(OC)c1. The standard InChI is InChI=1S/C20H24O4/c1-4-5-14-7-9-17(19(11-14)22-3)23-13(2)20(21)24-18-12-15-6-8-16(18)10-15/h4,6-9,11,13,15-16,18H,1,5,10,12H2,2-3H3.